The number of rotatable bonds is 5. The summed E-state index contributed by atoms with van der Waals surface area (Å²) in [5, 5.41) is 0. The molecule has 0 heterocycles. The average Bonchev–Trinajstić information content (AvgIpc) is 2.57. The number of aldehydes is 1. The minimum Gasteiger partial charge on any atom is -0.486 e. The van der Waals surface area contributed by atoms with E-state index >= 15 is 0 Å². The summed E-state index contributed by atoms with van der Waals surface area (Å²) in [4.78, 5) is 10.9. The second-order valence-corrected chi connectivity index (χ2v) is 5.51. The number of hydrogen-bond donors (Lipinski definition) is 0. The number of hydrogen-bond acceptors (Lipinski definition) is 2. The molecule has 0 radical (unpaired) electrons. The Balaban J connectivity index is 2.45. The third-order valence-electron chi connectivity index (χ3n) is 3.65. The van der Waals surface area contributed by atoms with Gasteiger partial charge >= 0.3 is 12.4 Å². The zero-order valence-corrected chi connectivity index (χ0v) is 13.5. The molecule has 2 aromatic rings. The Morgan fingerprint density at radius 2 is 1.65 bits per heavy atom. The fourth-order valence-electron chi connectivity index (χ4n) is 2.49. The molecule has 0 N–H and O–H groups in total. The molecule has 2 aromatic carbocycles. The van der Waals surface area contributed by atoms with E-state index in [1.54, 1.807) is 6.92 Å². The SMILES string of the molecule is CCC(Oc1cc(C=O)cc(C(F)(F)F)c1)c1ccccc1C(F)(F)F. The van der Waals surface area contributed by atoms with Gasteiger partial charge in [0.1, 0.15) is 18.1 Å². The molecule has 26 heavy (non-hydrogen) atoms. The summed E-state index contributed by atoms with van der Waals surface area (Å²) in [6.45, 7) is 1.55. The Bertz CT molecular complexity index is 780. The van der Waals surface area contributed by atoms with E-state index in [0.717, 1.165) is 12.1 Å². The molecular formula is C18H14F6O2. The lowest BCUT2D eigenvalue weighted by Crippen LogP contribution is -2.15. The predicted molar refractivity (Wildman–Crippen MR) is 81.9 cm³/mol. The summed E-state index contributed by atoms with van der Waals surface area (Å²) in [7, 11) is 0. The molecule has 0 bridgehead atoms. The van der Waals surface area contributed by atoms with Gasteiger partial charge < -0.3 is 4.74 Å². The highest BCUT2D eigenvalue weighted by atomic mass is 19.4. The van der Waals surface area contributed by atoms with Crippen molar-refractivity contribution in [3.05, 3.63) is 64.7 Å². The number of alkyl halides is 6. The van der Waals surface area contributed by atoms with Crippen LogP contribution >= 0.6 is 0 Å². The standard InChI is InChI=1S/C18H14F6O2/c1-2-16(14-5-3-4-6-15(14)18(22,23)24)26-13-8-11(10-25)7-12(9-13)17(19,20)21/h3-10,16H,2H2,1H3. The molecule has 0 fully saturated rings. The minimum absolute atomic E-state index is 0.0831. The molecule has 0 saturated heterocycles. The van der Waals surface area contributed by atoms with Crippen LogP contribution in [-0.4, -0.2) is 6.29 Å². The molecule has 0 saturated carbocycles. The molecule has 0 aliphatic heterocycles. The van der Waals surface area contributed by atoms with Crippen molar-refractivity contribution in [3.8, 4) is 5.75 Å². The lowest BCUT2D eigenvalue weighted by molar-refractivity contribution is -0.139. The first kappa shape index (κ1) is 19.8. The van der Waals surface area contributed by atoms with Crippen molar-refractivity contribution >= 4 is 6.29 Å². The van der Waals surface area contributed by atoms with Gasteiger partial charge in [0.25, 0.3) is 0 Å². The van der Waals surface area contributed by atoms with Crippen LogP contribution in [0.1, 0.15) is 46.5 Å². The number of halogens is 6. The van der Waals surface area contributed by atoms with E-state index in [0.29, 0.717) is 12.1 Å². The van der Waals surface area contributed by atoms with Crippen LogP contribution in [0.2, 0.25) is 0 Å². The molecule has 0 spiro atoms. The van der Waals surface area contributed by atoms with Crippen molar-refractivity contribution in [2.75, 3.05) is 0 Å². The van der Waals surface area contributed by atoms with E-state index in [4.69, 9.17) is 4.74 Å². The summed E-state index contributed by atoms with van der Waals surface area (Å²) in [6.07, 6.45) is -10.2. The van der Waals surface area contributed by atoms with Gasteiger partial charge in [-0.3, -0.25) is 4.79 Å². The number of benzene rings is 2. The van der Waals surface area contributed by atoms with Crippen LogP contribution in [0.4, 0.5) is 26.3 Å². The van der Waals surface area contributed by atoms with Gasteiger partial charge in [-0.05, 0) is 30.7 Å². The van der Waals surface area contributed by atoms with Gasteiger partial charge in [0, 0.05) is 11.1 Å². The first-order chi connectivity index (χ1) is 12.1. The zero-order chi connectivity index (χ0) is 19.5. The smallest absolute Gasteiger partial charge is 0.416 e. The first-order valence-electron chi connectivity index (χ1n) is 7.56. The summed E-state index contributed by atoms with van der Waals surface area (Å²) in [5.41, 5.74) is -2.51. The van der Waals surface area contributed by atoms with Crippen LogP contribution in [0.25, 0.3) is 0 Å². The molecule has 2 rings (SSSR count). The van der Waals surface area contributed by atoms with Crippen molar-refractivity contribution in [2.45, 2.75) is 31.8 Å². The average molecular weight is 376 g/mol. The molecule has 1 unspecified atom stereocenters. The molecule has 0 aromatic heterocycles. The van der Waals surface area contributed by atoms with E-state index in [1.165, 1.54) is 18.2 Å². The van der Waals surface area contributed by atoms with Crippen molar-refractivity contribution in [1.29, 1.82) is 0 Å². The van der Waals surface area contributed by atoms with Crippen molar-refractivity contribution in [1.82, 2.24) is 0 Å². The molecule has 0 amide bonds. The Morgan fingerprint density at radius 3 is 2.19 bits per heavy atom. The van der Waals surface area contributed by atoms with Crippen LogP contribution in [-0.2, 0) is 12.4 Å². The van der Waals surface area contributed by atoms with Crippen molar-refractivity contribution in [3.63, 3.8) is 0 Å². The second kappa shape index (κ2) is 7.39. The van der Waals surface area contributed by atoms with Gasteiger partial charge in [0.15, 0.2) is 0 Å². The maximum absolute atomic E-state index is 13.2. The summed E-state index contributed by atoms with van der Waals surface area (Å²) in [6, 6.07) is 7.06. The quantitative estimate of drug-likeness (QED) is 0.468. The van der Waals surface area contributed by atoms with Gasteiger partial charge in [0.05, 0.1) is 11.1 Å². The lowest BCUT2D eigenvalue weighted by atomic mass is 10.00. The van der Waals surface area contributed by atoms with Gasteiger partial charge in [-0.1, -0.05) is 25.1 Å². The Morgan fingerprint density at radius 1 is 1.00 bits per heavy atom. The molecule has 8 heteroatoms. The third-order valence-corrected chi connectivity index (χ3v) is 3.65. The largest absolute Gasteiger partial charge is 0.486 e. The molecule has 0 aliphatic carbocycles. The van der Waals surface area contributed by atoms with Crippen LogP contribution in [0.15, 0.2) is 42.5 Å². The Hall–Kier alpha value is -2.51. The molecule has 1 atom stereocenters. The van der Waals surface area contributed by atoms with Crippen LogP contribution in [0.3, 0.4) is 0 Å². The summed E-state index contributed by atoms with van der Waals surface area (Å²) >= 11 is 0. The highest BCUT2D eigenvalue weighted by Gasteiger charge is 2.36. The first-order valence-corrected chi connectivity index (χ1v) is 7.56. The van der Waals surface area contributed by atoms with Gasteiger partial charge in [0.2, 0.25) is 0 Å². The highest BCUT2D eigenvalue weighted by Crippen LogP contribution is 2.38. The predicted octanol–water partition coefficient (Wildman–Crippen LogP) is 6.07. The monoisotopic (exact) mass is 376 g/mol. The number of carbonyl (C=O) groups excluding carboxylic acids is 1. The molecule has 0 aliphatic rings. The molecule has 2 nitrogen and oxygen atoms in total. The topological polar surface area (TPSA) is 26.3 Å². The zero-order valence-electron chi connectivity index (χ0n) is 13.5. The fourth-order valence-corrected chi connectivity index (χ4v) is 2.49. The summed E-state index contributed by atoms with van der Waals surface area (Å²) in [5.74, 6) is -0.328. The number of carbonyl (C=O) groups is 1. The molecule has 140 valence electrons. The van der Waals surface area contributed by atoms with Crippen LogP contribution in [0, 0.1) is 0 Å². The van der Waals surface area contributed by atoms with E-state index in [9.17, 15) is 31.1 Å². The van der Waals surface area contributed by atoms with E-state index < -0.39 is 29.6 Å². The summed E-state index contributed by atoms with van der Waals surface area (Å²) < 4.78 is 83.7. The Labute approximate surface area is 145 Å². The van der Waals surface area contributed by atoms with Gasteiger partial charge in [-0.25, -0.2) is 0 Å². The molecular weight excluding hydrogens is 362 g/mol. The van der Waals surface area contributed by atoms with E-state index in [2.05, 4.69) is 0 Å². The highest BCUT2D eigenvalue weighted by molar-refractivity contribution is 5.76. The lowest BCUT2D eigenvalue weighted by Gasteiger charge is -2.22. The fraction of sp³-hybridized carbons (Fsp3) is 0.278. The third kappa shape index (κ3) is 4.56. The van der Waals surface area contributed by atoms with Crippen LogP contribution < -0.4 is 4.74 Å². The van der Waals surface area contributed by atoms with Gasteiger partial charge in [-0.15, -0.1) is 0 Å². The second-order valence-electron chi connectivity index (χ2n) is 5.51. The van der Waals surface area contributed by atoms with Crippen molar-refractivity contribution < 1.29 is 35.9 Å². The maximum Gasteiger partial charge on any atom is 0.416 e. The van der Waals surface area contributed by atoms with E-state index in [1.807, 2.05) is 0 Å². The number of ether oxygens (including phenoxy) is 1. The normalized spacial score (nSPS) is 13.3. The van der Waals surface area contributed by atoms with Gasteiger partial charge in [-0.2, -0.15) is 26.3 Å². The van der Waals surface area contributed by atoms with E-state index in [-0.39, 0.29) is 29.6 Å². The van der Waals surface area contributed by atoms with Crippen LogP contribution in [0.5, 0.6) is 5.75 Å². The Kier molecular flexibility index (Phi) is 5.63. The minimum atomic E-state index is -4.72. The maximum atomic E-state index is 13.2. The van der Waals surface area contributed by atoms with Crippen molar-refractivity contribution in [2.24, 2.45) is 0 Å².